The van der Waals surface area contributed by atoms with Gasteiger partial charge in [-0.15, -0.1) is 0 Å². The number of benzene rings is 4. The van der Waals surface area contributed by atoms with E-state index in [9.17, 15) is 14.4 Å². The van der Waals surface area contributed by atoms with E-state index in [4.69, 9.17) is 14.7 Å². The minimum atomic E-state index is -0.679. The third-order valence-electron chi connectivity index (χ3n) is 11.8. The number of nitrogens with one attached hydrogen (secondary N) is 3. The summed E-state index contributed by atoms with van der Waals surface area (Å²) in [4.78, 5) is 61.8. The summed E-state index contributed by atoms with van der Waals surface area (Å²) in [5.74, 6) is 1.43. The number of aromatic nitrogens is 4. The Morgan fingerprint density at radius 3 is 1.81 bits per heavy atom. The zero-order valence-electron chi connectivity index (χ0n) is 34.3. The molecule has 4 unspecified atom stereocenters. The van der Waals surface area contributed by atoms with Gasteiger partial charge < -0.3 is 29.8 Å². The molecule has 2 fully saturated rings. The molecule has 4 aromatic carbocycles. The van der Waals surface area contributed by atoms with Crippen LogP contribution in [0.1, 0.15) is 74.9 Å². The molecule has 4 atom stereocenters. The van der Waals surface area contributed by atoms with Crippen LogP contribution in [0, 0.1) is 5.92 Å². The Morgan fingerprint density at radius 1 is 0.712 bits per heavy atom. The van der Waals surface area contributed by atoms with Crippen molar-refractivity contribution in [3.05, 3.63) is 121 Å². The molecule has 8 rings (SSSR count). The molecule has 0 aliphatic carbocycles. The summed E-state index contributed by atoms with van der Waals surface area (Å²) in [5, 5.41) is 4.96. The molecular formula is C47H52N8O4. The number of carbonyl (C=O) groups is 3. The Bertz CT molecular complexity index is 2440. The number of methoxy groups -OCH3 is 1. The van der Waals surface area contributed by atoms with Crippen molar-refractivity contribution in [1.82, 2.24) is 40.0 Å². The Morgan fingerprint density at radius 2 is 1.24 bits per heavy atom. The molecule has 3 amide bonds. The lowest BCUT2D eigenvalue weighted by Crippen LogP contribution is -2.51. The van der Waals surface area contributed by atoms with Crippen molar-refractivity contribution in [1.29, 1.82) is 0 Å². The molecule has 2 saturated heterocycles. The highest BCUT2D eigenvalue weighted by molar-refractivity contribution is 5.91. The first-order chi connectivity index (χ1) is 28.6. The molecule has 0 radical (unpaired) electrons. The van der Waals surface area contributed by atoms with E-state index < -0.39 is 12.1 Å². The summed E-state index contributed by atoms with van der Waals surface area (Å²) >= 11 is 0. The lowest BCUT2D eigenvalue weighted by atomic mass is 9.98. The van der Waals surface area contributed by atoms with Crippen LogP contribution in [0.5, 0.6) is 0 Å². The van der Waals surface area contributed by atoms with Crippen LogP contribution in [0.4, 0.5) is 4.79 Å². The zero-order valence-corrected chi connectivity index (χ0v) is 34.3. The number of likely N-dealkylation sites (N-methyl/N-ethyl adjacent to an activating group) is 1. The van der Waals surface area contributed by atoms with Crippen molar-refractivity contribution in [3.63, 3.8) is 0 Å². The van der Waals surface area contributed by atoms with E-state index >= 15 is 0 Å². The Kier molecular flexibility index (Phi) is 11.3. The molecule has 0 saturated carbocycles. The number of carbonyl (C=O) groups excluding carboxylic acids is 3. The minimum Gasteiger partial charge on any atom is -0.453 e. The number of fused-ring (bicyclic) bond motifs is 1. The molecular weight excluding hydrogens is 741 g/mol. The van der Waals surface area contributed by atoms with Gasteiger partial charge >= 0.3 is 6.09 Å². The number of ether oxygens (including phenoxy) is 1. The Balaban J connectivity index is 0.944. The van der Waals surface area contributed by atoms with Gasteiger partial charge in [0.2, 0.25) is 11.8 Å². The van der Waals surface area contributed by atoms with E-state index in [0.29, 0.717) is 13.1 Å². The first kappa shape index (κ1) is 39.6. The number of likely N-dealkylation sites (tertiary alicyclic amines) is 2. The minimum absolute atomic E-state index is 0.0960. The van der Waals surface area contributed by atoms with Crippen molar-refractivity contribution in [2.24, 2.45) is 5.92 Å². The number of alkyl carbamates (subject to hydrolysis) is 1. The second kappa shape index (κ2) is 16.9. The van der Waals surface area contributed by atoms with Crippen molar-refractivity contribution in [2.45, 2.75) is 63.7 Å². The van der Waals surface area contributed by atoms with Crippen LogP contribution < -0.4 is 5.32 Å². The van der Waals surface area contributed by atoms with Crippen LogP contribution in [0.2, 0.25) is 0 Å². The normalized spacial score (nSPS) is 17.8. The van der Waals surface area contributed by atoms with E-state index in [0.717, 1.165) is 87.3 Å². The molecule has 6 aromatic rings. The lowest BCUT2D eigenvalue weighted by Gasteiger charge is -2.31. The number of nitrogens with zero attached hydrogens (tertiary/aromatic N) is 5. The molecule has 12 nitrogen and oxygen atoms in total. The van der Waals surface area contributed by atoms with Crippen molar-refractivity contribution in [3.8, 4) is 33.6 Å². The number of amides is 3. The maximum Gasteiger partial charge on any atom is 0.407 e. The van der Waals surface area contributed by atoms with Gasteiger partial charge in [-0.3, -0.25) is 14.5 Å². The number of hydrogen-bond acceptors (Lipinski definition) is 7. The zero-order chi connectivity index (χ0) is 41.2. The highest BCUT2D eigenvalue weighted by atomic mass is 16.5. The second-order valence-corrected chi connectivity index (χ2v) is 16.2. The van der Waals surface area contributed by atoms with Crippen LogP contribution in [0.3, 0.4) is 0 Å². The van der Waals surface area contributed by atoms with Crippen LogP contribution in [0.15, 0.2) is 103 Å². The maximum atomic E-state index is 14.0. The van der Waals surface area contributed by atoms with Crippen molar-refractivity contribution in [2.75, 3.05) is 34.3 Å². The Hall–Kier alpha value is -6.27. The maximum absolute atomic E-state index is 14.0. The summed E-state index contributed by atoms with van der Waals surface area (Å²) in [5.41, 5.74) is 7.05. The molecule has 304 valence electrons. The predicted molar refractivity (Wildman–Crippen MR) is 229 cm³/mol. The average molecular weight is 793 g/mol. The molecule has 0 bridgehead atoms. The fraction of sp³-hybridized carbons (Fsp3) is 0.340. The molecule has 2 aliphatic rings. The highest BCUT2D eigenvalue weighted by Gasteiger charge is 2.38. The van der Waals surface area contributed by atoms with Crippen molar-refractivity contribution < 1.29 is 19.1 Å². The van der Waals surface area contributed by atoms with Gasteiger partial charge in [-0.1, -0.05) is 92.7 Å². The summed E-state index contributed by atoms with van der Waals surface area (Å²) in [6.45, 7) is 5.14. The molecule has 0 spiro atoms. The van der Waals surface area contributed by atoms with Gasteiger partial charge in [-0.25, -0.2) is 14.8 Å². The molecule has 59 heavy (non-hydrogen) atoms. The fourth-order valence-corrected chi connectivity index (χ4v) is 8.70. The van der Waals surface area contributed by atoms with Crippen LogP contribution >= 0.6 is 0 Å². The fourth-order valence-electron chi connectivity index (χ4n) is 8.70. The van der Waals surface area contributed by atoms with Gasteiger partial charge in [0.05, 0.1) is 43.0 Å². The Labute approximate surface area is 345 Å². The highest BCUT2D eigenvalue weighted by Crippen LogP contribution is 2.37. The van der Waals surface area contributed by atoms with Gasteiger partial charge in [0.1, 0.15) is 23.7 Å². The van der Waals surface area contributed by atoms with E-state index in [1.54, 1.807) is 0 Å². The van der Waals surface area contributed by atoms with E-state index in [-0.39, 0.29) is 35.9 Å². The van der Waals surface area contributed by atoms with Gasteiger partial charge in [0.25, 0.3) is 0 Å². The summed E-state index contributed by atoms with van der Waals surface area (Å²) in [6.07, 6.45) is 6.55. The quantitative estimate of drug-likeness (QED) is 0.120. The molecule has 2 aromatic heterocycles. The average Bonchev–Trinajstić information content (AvgIpc) is 4.09. The summed E-state index contributed by atoms with van der Waals surface area (Å²) < 4.78 is 4.77. The van der Waals surface area contributed by atoms with Gasteiger partial charge in [0.15, 0.2) is 0 Å². The molecule has 3 N–H and O–H groups in total. The van der Waals surface area contributed by atoms with Crippen molar-refractivity contribution >= 4 is 28.7 Å². The monoisotopic (exact) mass is 792 g/mol. The first-order valence-corrected chi connectivity index (χ1v) is 20.5. The van der Waals surface area contributed by atoms with E-state index in [2.05, 4.69) is 75.9 Å². The largest absolute Gasteiger partial charge is 0.453 e. The van der Waals surface area contributed by atoms with Gasteiger partial charge in [-0.2, -0.15) is 0 Å². The smallest absolute Gasteiger partial charge is 0.407 e. The van der Waals surface area contributed by atoms with E-state index in [1.165, 1.54) is 7.11 Å². The molecule has 4 heterocycles. The third kappa shape index (κ3) is 8.09. The number of rotatable bonds is 11. The second-order valence-electron chi connectivity index (χ2n) is 16.2. The third-order valence-corrected chi connectivity index (χ3v) is 11.8. The van der Waals surface area contributed by atoms with Crippen LogP contribution in [0.25, 0.3) is 44.4 Å². The summed E-state index contributed by atoms with van der Waals surface area (Å²) in [6, 6.07) is 30.0. The predicted octanol–water partition coefficient (Wildman–Crippen LogP) is 8.30. The number of aromatic amines is 2. The first-order valence-electron chi connectivity index (χ1n) is 20.5. The SMILES string of the molecule is COC(=O)NC(C(=O)N1CCCC1c1ncc(-c2ccc(-c3ccc4cc(-c5cnc(C6CCCN6C(=O)C(c6ccccc6)N(C)C)[nH]5)ccc4c3)cc2)[nH]1)C(C)C. The standard InChI is InChI=1S/C47H52N8O4/c1-29(2)41(52-47(58)59-5)45(56)54-23-9-13-39(54)43-48-27-37(50-43)31-17-15-30(16-18-31)33-19-20-35-26-36(22-21-34(35)25-33)38-28-49-44(51-38)40-14-10-24-55(40)46(57)42(53(3)4)32-11-7-6-8-12-32/h6-8,11-12,15-22,25-29,39-42H,9-10,13-14,23-24H2,1-5H3,(H,48,50)(H,49,51)(H,52,58). The van der Waals surface area contributed by atoms with E-state index in [1.807, 2.05) is 85.4 Å². The van der Waals surface area contributed by atoms with Gasteiger partial charge in [0, 0.05) is 18.7 Å². The number of H-pyrrole nitrogens is 2. The molecule has 12 heteroatoms. The molecule has 2 aliphatic heterocycles. The lowest BCUT2D eigenvalue weighted by molar-refractivity contribution is -0.137. The van der Waals surface area contributed by atoms with Crippen LogP contribution in [-0.4, -0.2) is 92.9 Å². The summed E-state index contributed by atoms with van der Waals surface area (Å²) in [7, 11) is 5.21. The number of hydrogen-bond donors (Lipinski definition) is 3. The van der Waals surface area contributed by atoms with Gasteiger partial charge in [-0.05, 0) is 90.9 Å². The number of imidazole rings is 2. The van der Waals surface area contributed by atoms with Crippen LogP contribution in [-0.2, 0) is 14.3 Å². The topological polar surface area (TPSA) is 140 Å².